The lowest BCUT2D eigenvalue weighted by molar-refractivity contribution is -0.122. The Morgan fingerprint density at radius 2 is 1.55 bits per heavy atom. The Balaban J connectivity index is 1.40. The minimum Gasteiger partial charge on any atom is -0.454 e. The maximum atomic E-state index is 12.9. The van der Waals surface area contributed by atoms with Gasteiger partial charge in [0.1, 0.15) is 5.82 Å². The molecule has 2 aromatic carbocycles. The number of ether oxygens (including phenoxy) is 1. The molecule has 3 atom stereocenters. The van der Waals surface area contributed by atoms with Crippen LogP contribution in [-0.4, -0.2) is 30.2 Å². The number of nitrogens with zero attached hydrogens (tertiary/aromatic N) is 1. The smallest absolute Gasteiger partial charge is 0.338 e. The van der Waals surface area contributed by atoms with Crippen molar-refractivity contribution in [3.8, 4) is 0 Å². The highest BCUT2D eigenvalue weighted by molar-refractivity contribution is 6.22. The van der Waals surface area contributed by atoms with Crippen molar-refractivity contribution in [1.29, 1.82) is 0 Å². The van der Waals surface area contributed by atoms with Crippen molar-refractivity contribution >= 4 is 29.3 Å². The van der Waals surface area contributed by atoms with E-state index in [1.165, 1.54) is 41.3 Å². The number of imide groups is 1. The second kappa shape index (κ2) is 8.41. The fourth-order valence-corrected chi connectivity index (χ4v) is 4.32. The maximum absolute atomic E-state index is 12.9. The van der Waals surface area contributed by atoms with E-state index in [-0.39, 0.29) is 34.8 Å². The van der Waals surface area contributed by atoms with Gasteiger partial charge < -0.3 is 4.74 Å². The van der Waals surface area contributed by atoms with E-state index < -0.39 is 24.2 Å². The van der Waals surface area contributed by atoms with Gasteiger partial charge in [-0.1, -0.05) is 6.92 Å². The number of anilines is 1. The third kappa shape index (κ3) is 4.13. The van der Waals surface area contributed by atoms with Gasteiger partial charge in [-0.05, 0) is 73.7 Å². The number of fused-ring (bicyclic) bond motifs is 1. The van der Waals surface area contributed by atoms with Gasteiger partial charge in [0.2, 0.25) is 11.8 Å². The highest BCUT2D eigenvalue weighted by Gasteiger charge is 2.49. The molecule has 2 amide bonds. The molecule has 0 unspecified atom stereocenters. The molecule has 0 spiro atoms. The van der Waals surface area contributed by atoms with Crippen LogP contribution in [0, 0.1) is 23.6 Å². The minimum atomic E-state index is -0.705. The molecule has 0 aromatic heterocycles. The number of esters is 1. The van der Waals surface area contributed by atoms with Gasteiger partial charge in [-0.3, -0.25) is 19.3 Å². The second-order valence-electron chi connectivity index (χ2n) is 8.20. The van der Waals surface area contributed by atoms with Gasteiger partial charge in [0.15, 0.2) is 12.4 Å². The molecule has 0 radical (unpaired) electrons. The lowest BCUT2D eigenvalue weighted by atomic mass is 9.76. The van der Waals surface area contributed by atoms with Crippen LogP contribution >= 0.6 is 0 Å². The standard InChI is InChI=1S/C24H22FNO5/c1-14-2-11-19-20(12-14)23(29)26(22(19)28)18-9-5-16(6-10-18)24(30)31-13-21(27)15-3-7-17(25)8-4-15/h3-10,14,19-20H,2,11-13H2,1H3/t14-,19+,20+/m1/s1. The molecule has 2 fully saturated rings. The number of carbonyl (C=O) groups is 4. The Hall–Kier alpha value is -3.35. The van der Waals surface area contributed by atoms with Gasteiger partial charge in [-0.25, -0.2) is 9.18 Å². The summed E-state index contributed by atoms with van der Waals surface area (Å²) >= 11 is 0. The molecule has 2 aliphatic rings. The molecule has 1 aliphatic carbocycles. The Morgan fingerprint density at radius 1 is 0.935 bits per heavy atom. The van der Waals surface area contributed by atoms with E-state index in [2.05, 4.69) is 6.92 Å². The zero-order chi connectivity index (χ0) is 22.1. The van der Waals surface area contributed by atoms with E-state index in [0.717, 1.165) is 31.4 Å². The van der Waals surface area contributed by atoms with Crippen LogP contribution in [-0.2, 0) is 14.3 Å². The molecule has 31 heavy (non-hydrogen) atoms. The Bertz CT molecular complexity index is 1030. The van der Waals surface area contributed by atoms with Crippen molar-refractivity contribution in [2.24, 2.45) is 17.8 Å². The first kappa shape index (κ1) is 20.9. The molecule has 160 valence electrons. The lowest BCUT2D eigenvalue weighted by Gasteiger charge is -2.25. The number of benzene rings is 2. The normalized spacial score (nSPS) is 22.9. The summed E-state index contributed by atoms with van der Waals surface area (Å²) < 4.78 is 18.0. The number of hydrogen-bond donors (Lipinski definition) is 0. The number of rotatable bonds is 5. The van der Waals surface area contributed by atoms with Crippen LogP contribution < -0.4 is 4.90 Å². The van der Waals surface area contributed by atoms with Crippen LogP contribution in [0.2, 0.25) is 0 Å². The molecule has 0 bridgehead atoms. The molecule has 4 rings (SSSR count). The molecule has 7 heteroatoms. The third-order valence-corrected chi connectivity index (χ3v) is 6.05. The summed E-state index contributed by atoms with van der Waals surface area (Å²) in [7, 11) is 0. The van der Waals surface area contributed by atoms with E-state index in [1.54, 1.807) is 0 Å². The van der Waals surface area contributed by atoms with Gasteiger partial charge in [-0.15, -0.1) is 0 Å². The molecule has 0 N–H and O–H groups in total. The quantitative estimate of drug-likeness (QED) is 0.415. The van der Waals surface area contributed by atoms with Gasteiger partial charge in [0, 0.05) is 5.56 Å². The monoisotopic (exact) mass is 423 g/mol. The summed E-state index contributed by atoms with van der Waals surface area (Å²) in [6, 6.07) is 11.0. The first-order chi connectivity index (χ1) is 14.8. The van der Waals surface area contributed by atoms with Crippen molar-refractivity contribution < 1.29 is 28.3 Å². The predicted molar refractivity (Wildman–Crippen MR) is 110 cm³/mol. The Labute approximate surface area is 179 Å². The summed E-state index contributed by atoms with van der Waals surface area (Å²) in [4.78, 5) is 51.1. The van der Waals surface area contributed by atoms with Gasteiger partial charge in [0.25, 0.3) is 0 Å². The summed E-state index contributed by atoms with van der Waals surface area (Å²) in [5.74, 6) is -2.07. The topological polar surface area (TPSA) is 80.8 Å². The van der Waals surface area contributed by atoms with Crippen LogP contribution in [0.25, 0.3) is 0 Å². The summed E-state index contributed by atoms with van der Waals surface area (Å²) in [6.07, 6.45) is 2.38. The zero-order valence-electron chi connectivity index (χ0n) is 17.0. The number of halogens is 1. The van der Waals surface area contributed by atoms with E-state index in [4.69, 9.17) is 4.74 Å². The zero-order valence-corrected chi connectivity index (χ0v) is 17.0. The van der Waals surface area contributed by atoms with Crippen LogP contribution in [0.5, 0.6) is 0 Å². The van der Waals surface area contributed by atoms with Gasteiger partial charge in [0.05, 0.1) is 23.1 Å². The third-order valence-electron chi connectivity index (χ3n) is 6.05. The summed E-state index contributed by atoms with van der Waals surface area (Å²) in [5.41, 5.74) is 0.864. The molecule has 1 aliphatic heterocycles. The first-order valence-electron chi connectivity index (χ1n) is 10.3. The van der Waals surface area contributed by atoms with E-state index in [0.29, 0.717) is 11.6 Å². The molecule has 1 heterocycles. The van der Waals surface area contributed by atoms with Crippen molar-refractivity contribution in [3.05, 3.63) is 65.5 Å². The van der Waals surface area contributed by atoms with E-state index >= 15 is 0 Å². The van der Waals surface area contributed by atoms with Crippen LogP contribution in [0.4, 0.5) is 10.1 Å². The van der Waals surface area contributed by atoms with Crippen molar-refractivity contribution in [3.63, 3.8) is 0 Å². The lowest BCUT2D eigenvalue weighted by Crippen LogP contribution is -2.30. The van der Waals surface area contributed by atoms with Crippen LogP contribution in [0.3, 0.4) is 0 Å². The minimum absolute atomic E-state index is 0.179. The van der Waals surface area contributed by atoms with Gasteiger partial charge >= 0.3 is 5.97 Å². The average molecular weight is 423 g/mol. The number of carbonyl (C=O) groups excluding carboxylic acids is 4. The highest BCUT2D eigenvalue weighted by Crippen LogP contribution is 2.42. The van der Waals surface area contributed by atoms with Crippen LogP contribution in [0.1, 0.15) is 46.9 Å². The summed E-state index contributed by atoms with van der Waals surface area (Å²) in [6.45, 7) is 1.62. The predicted octanol–water partition coefficient (Wildman–Crippen LogP) is 3.79. The molecular formula is C24H22FNO5. The first-order valence-corrected chi connectivity index (χ1v) is 10.3. The molecule has 1 saturated heterocycles. The summed E-state index contributed by atoms with van der Waals surface area (Å²) in [5, 5.41) is 0. The van der Waals surface area contributed by atoms with Crippen molar-refractivity contribution in [2.45, 2.75) is 26.2 Å². The van der Waals surface area contributed by atoms with Crippen molar-refractivity contribution in [1.82, 2.24) is 0 Å². The van der Waals surface area contributed by atoms with E-state index in [1.807, 2.05) is 0 Å². The fourth-order valence-electron chi connectivity index (χ4n) is 4.32. The average Bonchev–Trinajstić information content (AvgIpc) is 3.02. The largest absolute Gasteiger partial charge is 0.454 e. The van der Waals surface area contributed by atoms with Gasteiger partial charge in [-0.2, -0.15) is 0 Å². The molecule has 6 nitrogen and oxygen atoms in total. The van der Waals surface area contributed by atoms with Crippen LogP contribution in [0.15, 0.2) is 48.5 Å². The number of hydrogen-bond acceptors (Lipinski definition) is 5. The maximum Gasteiger partial charge on any atom is 0.338 e. The number of amides is 2. The molecule has 2 aromatic rings. The molecule has 1 saturated carbocycles. The Morgan fingerprint density at radius 3 is 2.23 bits per heavy atom. The molecular weight excluding hydrogens is 401 g/mol. The highest BCUT2D eigenvalue weighted by atomic mass is 19.1. The Kier molecular flexibility index (Phi) is 5.67. The van der Waals surface area contributed by atoms with Crippen molar-refractivity contribution in [2.75, 3.05) is 11.5 Å². The second-order valence-corrected chi connectivity index (χ2v) is 8.20. The fraction of sp³-hybridized carbons (Fsp3) is 0.333. The number of Topliss-reactive ketones (excluding diaryl/α,β-unsaturated/α-hetero) is 1. The number of ketones is 1. The SMILES string of the molecule is C[C@@H]1CC[C@@H]2C(=O)N(c3ccc(C(=O)OCC(=O)c4ccc(F)cc4)cc3)C(=O)[C@H]2C1. The van der Waals surface area contributed by atoms with E-state index in [9.17, 15) is 23.6 Å².